The Bertz CT molecular complexity index is 133. The molecule has 0 aromatic carbocycles. The summed E-state index contributed by atoms with van der Waals surface area (Å²) in [6, 6.07) is 0. The van der Waals surface area contributed by atoms with E-state index in [2.05, 4.69) is 16.7 Å². The molecule has 0 radical (unpaired) electrons. The summed E-state index contributed by atoms with van der Waals surface area (Å²) in [6.45, 7) is 10.6. The fourth-order valence-electron chi connectivity index (χ4n) is 1.91. The van der Waals surface area contributed by atoms with Crippen molar-refractivity contribution in [2.45, 2.75) is 19.8 Å². The van der Waals surface area contributed by atoms with Gasteiger partial charge in [0.05, 0.1) is 0 Å². The third-order valence-electron chi connectivity index (χ3n) is 2.98. The van der Waals surface area contributed by atoms with Crippen molar-refractivity contribution < 1.29 is 4.74 Å². The fourth-order valence-corrected chi connectivity index (χ4v) is 1.91. The molecule has 14 heavy (non-hydrogen) atoms. The van der Waals surface area contributed by atoms with Gasteiger partial charge in [0.2, 0.25) is 0 Å². The van der Waals surface area contributed by atoms with Gasteiger partial charge >= 0.3 is 0 Å². The molecular weight excluding hydrogens is 176 g/mol. The zero-order chi connectivity index (χ0) is 10.2. The van der Waals surface area contributed by atoms with E-state index in [9.17, 15) is 0 Å². The SMILES string of the molecule is CCN1CCN(CCCCOC)CC1. The Morgan fingerprint density at radius 1 is 1.00 bits per heavy atom. The Kier molecular flexibility index (Phi) is 6.15. The van der Waals surface area contributed by atoms with Crippen molar-refractivity contribution >= 4 is 0 Å². The second-order valence-corrected chi connectivity index (χ2v) is 3.98. The smallest absolute Gasteiger partial charge is 0.0462 e. The van der Waals surface area contributed by atoms with Crippen LogP contribution >= 0.6 is 0 Å². The van der Waals surface area contributed by atoms with Crippen molar-refractivity contribution in [1.82, 2.24) is 9.80 Å². The summed E-state index contributed by atoms with van der Waals surface area (Å²) in [5.74, 6) is 0. The van der Waals surface area contributed by atoms with Gasteiger partial charge in [-0.15, -0.1) is 0 Å². The minimum Gasteiger partial charge on any atom is -0.385 e. The van der Waals surface area contributed by atoms with Gasteiger partial charge in [0.25, 0.3) is 0 Å². The third-order valence-corrected chi connectivity index (χ3v) is 2.98. The summed E-state index contributed by atoms with van der Waals surface area (Å²) in [5.41, 5.74) is 0. The summed E-state index contributed by atoms with van der Waals surface area (Å²) in [6.07, 6.45) is 2.48. The molecule has 84 valence electrons. The number of piperazine rings is 1. The van der Waals surface area contributed by atoms with Crippen LogP contribution in [-0.4, -0.2) is 62.8 Å². The van der Waals surface area contributed by atoms with Gasteiger partial charge in [0.15, 0.2) is 0 Å². The molecule has 0 aliphatic carbocycles. The monoisotopic (exact) mass is 200 g/mol. The van der Waals surface area contributed by atoms with Crippen LogP contribution < -0.4 is 0 Å². The molecule has 1 rings (SSSR count). The maximum Gasteiger partial charge on any atom is 0.0462 e. The average Bonchev–Trinajstić information content (AvgIpc) is 2.25. The van der Waals surface area contributed by atoms with Crippen molar-refractivity contribution in [3.8, 4) is 0 Å². The van der Waals surface area contributed by atoms with Crippen molar-refractivity contribution in [3.63, 3.8) is 0 Å². The molecule has 0 amide bonds. The lowest BCUT2D eigenvalue weighted by molar-refractivity contribution is 0.130. The van der Waals surface area contributed by atoms with Gasteiger partial charge in [0, 0.05) is 39.9 Å². The highest BCUT2D eigenvalue weighted by Crippen LogP contribution is 2.02. The number of ether oxygens (including phenoxy) is 1. The standard InChI is InChI=1S/C11H24N2O/c1-3-12-7-9-13(10-8-12)6-4-5-11-14-2/h3-11H2,1-2H3. The van der Waals surface area contributed by atoms with Gasteiger partial charge in [-0.25, -0.2) is 0 Å². The molecule has 0 saturated carbocycles. The van der Waals surface area contributed by atoms with E-state index in [0.29, 0.717) is 0 Å². The maximum absolute atomic E-state index is 5.04. The Morgan fingerprint density at radius 3 is 2.21 bits per heavy atom. The van der Waals surface area contributed by atoms with Gasteiger partial charge in [0.1, 0.15) is 0 Å². The highest BCUT2D eigenvalue weighted by atomic mass is 16.5. The largest absolute Gasteiger partial charge is 0.385 e. The lowest BCUT2D eigenvalue weighted by Crippen LogP contribution is -2.46. The quantitative estimate of drug-likeness (QED) is 0.596. The first-order chi connectivity index (χ1) is 6.86. The first kappa shape index (κ1) is 12.0. The van der Waals surface area contributed by atoms with Gasteiger partial charge in [-0.3, -0.25) is 0 Å². The van der Waals surface area contributed by atoms with Crippen molar-refractivity contribution in [3.05, 3.63) is 0 Å². The molecule has 1 saturated heterocycles. The maximum atomic E-state index is 5.04. The Labute approximate surface area is 88.0 Å². The lowest BCUT2D eigenvalue weighted by atomic mass is 10.2. The van der Waals surface area contributed by atoms with Crippen LogP contribution in [-0.2, 0) is 4.74 Å². The molecule has 0 aromatic heterocycles. The van der Waals surface area contributed by atoms with Crippen LogP contribution in [0.15, 0.2) is 0 Å². The van der Waals surface area contributed by atoms with E-state index >= 15 is 0 Å². The summed E-state index contributed by atoms with van der Waals surface area (Å²) in [5, 5.41) is 0. The normalized spacial score (nSPS) is 20.1. The highest BCUT2D eigenvalue weighted by molar-refractivity contribution is 4.70. The predicted molar refractivity (Wildman–Crippen MR) is 59.7 cm³/mol. The van der Waals surface area contributed by atoms with E-state index in [1.165, 1.54) is 52.1 Å². The number of unbranched alkanes of at least 4 members (excludes halogenated alkanes) is 1. The first-order valence-electron chi connectivity index (χ1n) is 5.80. The van der Waals surface area contributed by atoms with E-state index in [0.717, 1.165) is 6.61 Å². The number of methoxy groups -OCH3 is 1. The van der Waals surface area contributed by atoms with Gasteiger partial charge in [-0.1, -0.05) is 6.92 Å². The molecule has 1 aliphatic heterocycles. The van der Waals surface area contributed by atoms with Crippen molar-refractivity contribution in [2.75, 3.05) is 53.0 Å². The zero-order valence-electron chi connectivity index (χ0n) is 9.67. The minimum atomic E-state index is 0.912. The number of hydrogen-bond acceptors (Lipinski definition) is 3. The van der Waals surface area contributed by atoms with Crippen LogP contribution in [0, 0.1) is 0 Å². The zero-order valence-corrected chi connectivity index (χ0v) is 9.67. The Balaban J connectivity index is 1.98. The van der Waals surface area contributed by atoms with Crippen molar-refractivity contribution in [2.24, 2.45) is 0 Å². The minimum absolute atomic E-state index is 0.912. The summed E-state index contributed by atoms with van der Waals surface area (Å²) < 4.78 is 5.04. The van der Waals surface area contributed by atoms with Crippen LogP contribution in [0.5, 0.6) is 0 Å². The molecule has 3 nitrogen and oxygen atoms in total. The molecule has 0 aromatic rings. The molecule has 1 fully saturated rings. The third kappa shape index (κ3) is 4.40. The number of rotatable bonds is 6. The molecule has 0 atom stereocenters. The second-order valence-electron chi connectivity index (χ2n) is 3.98. The molecule has 1 heterocycles. The predicted octanol–water partition coefficient (Wildman–Crippen LogP) is 1.05. The summed E-state index contributed by atoms with van der Waals surface area (Å²) in [7, 11) is 1.78. The van der Waals surface area contributed by atoms with E-state index in [1.54, 1.807) is 7.11 Å². The number of likely N-dealkylation sites (N-methyl/N-ethyl adjacent to an activating group) is 1. The topological polar surface area (TPSA) is 15.7 Å². The summed E-state index contributed by atoms with van der Waals surface area (Å²) >= 11 is 0. The van der Waals surface area contributed by atoms with E-state index in [1.807, 2.05) is 0 Å². The van der Waals surface area contributed by atoms with Gasteiger partial charge < -0.3 is 14.5 Å². The molecular formula is C11H24N2O. The number of hydrogen-bond donors (Lipinski definition) is 0. The first-order valence-corrected chi connectivity index (χ1v) is 5.80. The second kappa shape index (κ2) is 7.21. The number of nitrogens with zero attached hydrogens (tertiary/aromatic N) is 2. The molecule has 0 spiro atoms. The molecule has 0 unspecified atom stereocenters. The van der Waals surface area contributed by atoms with Gasteiger partial charge in [-0.2, -0.15) is 0 Å². The van der Waals surface area contributed by atoms with Crippen LogP contribution in [0.3, 0.4) is 0 Å². The Morgan fingerprint density at radius 2 is 1.64 bits per heavy atom. The van der Waals surface area contributed by atoms with Gasteiger partial charge in [-0.05, 0) is 25.9 Å². The average molecular weight is 200 g/mol. The van der Waals surface area contributed by atoms with E-state index < -0.39 is 0 Å². The molecule has 0 bridgehead atoms. The molecule has 0 N–H and O–H groups in total. The van der Waals surface area contributed by atoms with Crippen molar-refractivity contribution in [1.29, 1.82) is 0 Å². The van der Waals surface area contributed by atoms with Crippen LogP contribution in [0.25, 0.3) is 0 Å². The van der Waals surface area contributed by atoms with E-state index in [-0.39, 0.29) is 0 Å². The van der Waals surface area contributed by atoms with E-state index in [4.69, 9.17) is 4.74 Å². The highest BCUT2D eigenvalue weighted by Gasteiger charge is 2.14. The van der Waals surface area contributed by atoms with Crippen LogP contribution in [0.1, 0.15) is 19.8 Å². The molecule has 1 aliphatic rings. The van der Waals surface area contributed by atoms with Crippen LogP contribution in [0.4, 0.5) is 0 Å². The fraction of sp³-hybridized carbons (Fsp3) is 1.00. The lowest BCUT2D eigenvalue weighted by Gasteiger charge is -2.33. The van der Waals surface area contributed by atoms with Crippen LogP contribution in [0.2, 0.25) is 0 Å². The molecule has 3 heteroatoms. The summed E-state index contributed by atoms with van der Waals surface area (Å²) in [4.78, 5) is 5.09. The Hall–Kier alpha value is -0.120.